The van der Waals surface area contributed by atoms with Crippen LogP contribution in [0.5, 0.6) is 0 Å². The molecule has 2 saturated heterocycles. The Labute approximate surface area is 66.7 Å². The maximum atomic E-state index is 8.91. The van der Waals surface area contributed by atoms with Crippen molar-refractivity contribution in [3.8, 4) is 0 Å². The Morgan fingerprint density at radius 3 is 3.09 bits per heavy atom. The highest BCUT2D eigenvalue weighted by atomic mass is 16.5. The SMILES string of the molecule is OCC1COC2(CCNC2)C1. The van der Waals surface area contributed by atoms with Crippen LogP contribution in [0.1, 0.15) is 12.8 Å². The van der Waals surface area contributed by atoms with Crippen LogP contribution in [0.25, 0.3) is 0 Å². The predicted molar refractivity (Wildman–Crippen MR) is 41.4 cm³/mol. The van der Waals surface area contributed by atoms with E-state index in [-0.39, 0.29) is 12.2 Å². The summed E-state index contributed by atoms with van der Waals surface area (Å²) < 4.78 is 5.68. The predicted octanol–water partition coefficient (Wildman–Crippen LogP) is -0.253. The molecule has 0 saturated carbocycles. The lowest BCUT2D eigenvalue weighted by atomic mass is 9.94. The molecule has 0 aromatic rings. The van der Waals surface area contributed by atoms with Gasteiger partial charge in [0.1, 0.15) is 0 Å². The summed E-state index contributed by atoms with van der Waals surface area (Å²) in [6, 6.07) is 0. The van der Waals surface area contributed by atoms with E-state index in [0.717, 1.165) is 32.5 Å². The Balaban J connectivity index is 1.96. The van der Waals surface area contributed by atoms with E-state index < -0.39 is 0 Å². The molecule has 2 N–H and O–H groups in total. The van der Waals surface area contributed by atoms with E-state index in [1.54, 1.807) is 0 Å². The highest BCUT2D eigenvalue weighted by Crippen LogP contribution is 2.34. The second-order valence-corrected chi connectivity index (χ2v) is 3.67. The van der Waals surface area contributed by atoms with Gasteiger partial charge in [0.05, 0.1) is 12.2 Å². The zero-order chi connectivity index (χ0) is 7.73. The Morgan fingerprint density at radius 2 is 2.55 bits per heavy atom. The summed E-state index contributed by atoms with van der Waals surface area (Å²) >= 11 is 0. The van der Waals surface area contributed by atoms with Gasteiger partial charge in [-0.3, -0.25) is 0 Å². The zero-order valence-corrected chi connectivity index (χ0v) is 6.68. The Morgan fingerprint density at radius 1 is 1.64 bits per heavy atom. The van der Waals surface area contributed by atoms with E-state index in [1.165, 1.54) is 0 Å². The van der Waals surface area contributed by atoms with Crippen molar-refractivity contribution in [2.45, 2.75) is 18.4 Å². The summed E-state index contributed by atoms with van der Waals surface area (Å²) in [7, 11) is 0. The number of hydrogen-bond acceptors (Lipinski definition) is 3. The number of ether oxygens (including phenoxy) is 1. The van der Waals surface area contributed by atoms with E-state index in [0.29, 0.717) is 5.92 Å². The second-order valence-electron chi connectivity index (χ2n) is 3.67. The third-order valence-electron chi connectivity index (χ3n) is 2.75. The van der Waals surface area contributed by atoms with E-state index in [2.05, 4.69) is 5.32 Å². The van der Waals surface area contributed by atoms with E-state index in [1.807, 2.05) is 0 Å². The van der Waals surface area contributed by atoms with Crippen molar-refractivity contribution in [3.05, 3.63) is 0 Å². The molecule has 64 valence electrons. The summed E-state index contributed by atoms with van der Waals surface area (Å²) in [6.45, 7) is 3.07. The molecule has 1 spiro atoms. The molecule has 2 aliphatic heterocycles. The summed E-state index contributed by atoms with van der Waals surface area (Å²) in [5.74, 6) is 0.384. The minimum absolute atomic E-state index is 0.0907. The molecule has 0 aromatic carbocycles. The summed E-state index contributed by atoms with van der Waals surface area (Å²) in [5.41, 5.74) is 0.0907. The van der Waals surface area contributed by atoms with Gasteiger partial charge in [0.25, 0.3) is 0 Å². The van der Waals surface area contributed by atoms with E-state index >= 15 is 0 Å². The fourth-order valence-corrected chi connectivity index (χ4v) is 2.07. The Kier molecular flexibility index (Phi) is 1.87. The first-order chi connectivity index (χ1) is 5.35. The van der Waals surface area contributed by atoms with E-state index in [4.69, 9.17) is 9.84 Å². The lowest BCUT2D eigenvalue weighted by molar-refractivity contribution is 0.0195. The summed E-state index contributed by atoms with van der Waals surface area (Å²) in [6.07, 6.45) is 2.15. The topological polar surface area (TPSA) is 41.5 Å². The van der Waals surface area contributed by atoms with Gasteiger partial charge in [-0.15, -0.1) is 0 Å². The first-order valence-corrected chi connectivity index (χ1v) is 4.30. The van der Waals surface area contributed by atoms with Gasteiger partial charge in [-0.2, -0.15) is 0 Å². The summed E-state index contributed by atoms with van der Waals surface area (Å²) in [4.78, 5) is 0. The molecule has 3 heteroatoms. The molecule has 0 amide bonds. The third kappa shape index (κ3) is 1.28. The lowest BCUT2D eigenvalue weighted by Gasteiger charge is -2.20. The molecular formula is C8H15NO2. The zero-order valence-electron chi connectivity index (χ0n) is 6.68. The van der Waals surface area contributed by atoms with Crippen molar-refractivity contribution < 1.29 is 9.84 Å². The number of nitrogens with one attached hydrogen (secondary N) is 1. The minimum Gasteiger partial charge on any atom is -0.396 e. The van der Waals surface area contributed by atoms with Crippen LogP contribution >= 0.6 is 0 Å². The van der Waals surface area contributed by atoms with Crippen LogP contribution < -0.4 is 5.32 Å². The fourth-order valence-electron chi connectivity index (χ4n) is 2.07. The number of aliphatic hydroxyl groups excluding tert-OH is 1. The Bertz CT molecular complexity index is 143. The second kappa shape index (κ2) is 2.73. The number of aliphatic hydroxyl groups is 1. The largest absolute Gasteiger partial charge is 0.396 e. The van der Waals surface area contributed by atoms with Gasteiger partial charge in [0, 0.05) is 19.1 Å². The highest BCUT2D eigenvalue weighted by molar-refractivity contribution is 4.95. The monoisotopic (exact) mass is 157 g/mol. The standard InChI is InChI=1S/C8H15NO2/c10-4-7-3-8(11-5-7)1-2-9-6-8/h7,9-10H,1-6H2. The Hall–Kier alpha value is -0.120. The van der Waals surface area contributed by atoms with Gasteiger partial charge in [-0.1, -0.05) is 0 Å². The molecule has 0 radical (unpaired) electrons. The maximum absolute atomic E-state index is 8.91. The summed E-state index contributed by atoms with van der Waals surface area (Å²) in [5, 5.41) is 12.2. The van der Waals surface area contributed by atoms with Crippen molar-refractivity contribution in [3.63, 3.8) is 0 Å². The van der Waals surface area contributed by atoms with Crippen LogP contribution in [-0.2, 0) is 4.74 Å². The average Bonchev–Trinajstić information content (AvgIpc) is 2.62. The van der Waals surface area contributed by atoms with Crippen molar-refractivity contribution in [2.75, 3.05) is 26.3 Å². The molecule has 2 rings (SSSR count). The molecule has 2 fully saturated rings. The van der Waals surface area contributed by atoms with Crippen LogP contribution in [-0.4, -0.2) is 37.0 Å². The molecule has 0 bridgehead atoms. The van der Waals surface area contributed by atoms with Crippen molar-refractivity contribution in [1.29, 1.82) is 0 Å². The molecule has 2 unspecified atom stereocenters. The van der Waals surface area contributed by atoms with Crippen molar-refractivity contribution in [1.82, 2.24) is 5.32 Å². The average molecular weight is 157 g/mol. The van der Waals surface area contributed by atoms with Gasteiger partial charge >= 0.3 is 0 Å². The van der Waals surface area contributed by atoms with Gasteiger partial charge in [-0.05, 0) is 19.4 Å². The molecule has 0 aliphatic carbocycles. The molecule has 2 aliphatic rings. The van der Waals surface area contributed by atoms with Crippen LogP contribution in [0.4, 0.5) is 0 Å². The molecule has 11 heavy (non-hydrogen) atoms. The first kappa shape index (κ1) is 7.53. The quantitative estimate of drug-likeness (QED) is 0.551. The molecule has 2 atom stereocenters. The molecule has 3 nitrogen and oxygen atoms in total. The fraction of sp³-hybridized carbons (Fsp3) is 1.00. The van der Waals surface area contributed by atoms with Gasteiger partial charge in [0.15, 0.2) is 0 Å². The minimum atomic E-state index is 0.0907. The number of rotatable bonds is 1. The lowest BCUT2D eigenvalue weighted by Crippen LogP contribution is -2.30. The van der Waals surface area contributed by atoms with Crippen LogP contribution in [0.15, 0.2) is 0 Å². The molecular weight excluding hydrogens is 142 g/mol. The molecule has 0 aromatic heterocycles. The van der Waals surface area contributed by atoms with Crippen molar-refractivity contribution in [2.24, 2.45) is 5.92 Å². The number of hydrogen-bond donors (Lipinski definition) is 2. The van der Waals surface area contributed by atoms with Gasteiger partial charge < -0.3 is 15.2 Å². The van der Waals surface area contributed by atoms with Crippen molar-refractivity contribution >= 4 is 0 Å². The van der Waals surface area contributed by atoms with Gasteiger partial charge in [0.2, 0.25) is 0 Å². The van der Waals surface area contributed by atoms with E-state index in [9.17, 15) is 0 Å². The van der Waals surface area contributed by atoms with Crippen LogP contribution in [0.3, 0.4) is 0 Å². The first-order valence-electron chi connectivity index (χ1n) is 4.30. The van der Waals surface area contributed by atoms with Gasteiger partial charge in [-0.25, -0.2) is 0 Å². The molecule has 2 heterocycles. The smallest absolute Gasteiger partial charge is 0.0822 e. The highest BCUT2D eigenvalue weighted by Gasteiger charge is 2.42. The maximum Gasteiger partial charge on any atom is 0.0822 e. The van der Waals surface area contributed by atoms with Crippen LogP contribution in [0, 0.1) is 5.92 Å². The van der Waals surface area contributed by atoms with Crippen LogP contribution in [0.2, 0.25) is 0 Å². The normalized spacial score (nSPS) is 43.9. The third-order valence-corrected chi connectivity index (χ3v) is 2.75.